The van der Waals surface area contributed by atoms with Crippen molar-refractivity contribution >= 4 is 11.9 Å². The van der Waals surface area contributed by atoms with Crippen molar-refractivity contribution in [3.8, 4) is 0 Å². The Morgan fingerprint density at radius 3 is 2.42 bits per heavy atom. The third kappa shape index (κ3) is 4.01. The van der Waals surface area contributed by atoms with Gasteiger partial charge in [0.2, 0.25) is 0 Å². The highest BCUT2D eigenvalue weighted by molar-refractivity contribution is 5.95. The predicted molar refractivity (Wildman–Crippen MR) is 64.6 cm³/mol. The van der Waals surface area contributed by atoms with Crippen molar-refractivity contribution in [2.75, 3.05) is 19.7 Å². The molecular weight excluding hydrogens is 256 g/mol. The molecule has 1 amide bonds. The number of rotatable bonds is 5. The van der Waals surface area contributed by atoms with Crippen LogP contribution in [0.3, 0.4) is 0 Å². The summed E-state index contributed by atoms with van der Waals surface area (Å²) in [4.78, 5) is 24.5. The van der Waals surface area contributed by atoms with E-state index in [1.165, 1.54) is 11.0 Å². The molecule has 104 valence electrons. The summed E-state index contributed by atoms with van der Waals surface area (Å²) >= 11 is 0. The Labute approximate surface area is 110 Å². The first-order chi connectivity index (χ1) is 8.99. The molecule has 0 aliphatic carbocycles. The molecule has 1 rings (SSSR count). The van der Waals surface area contributed by atoms with Crippen LogP contribution in [0.25, 0.3) is 0 Å². The van der Waals surface area contributed by atoms with E-state index in [9.17, 15) is 18.4 Å². The molecule has 0 fully saturated rings. The van der Waals surface area contributed by atoms with Crippen LogP contribution in [0.1, 0.15) is 24.2 Å². The average molecular weight is 271 g/mol. The average Bonchev–Trinajstić information content (AvgIpc) is 2.38. The molecule has 0 spiro atoms. The number of halogens is 2. The molecule has 0 aromatic heterocycles. The molecule has 0 aliphatic heterocycles. The lowest BCUT2D eigenvalue weighted by Crippen LogP contribution is -2.36. The van der Waals surface area contributed by atoms with E-state index in [4.69, 9.17) is 4.74 Å². The molecule has 0 aliphatic rings. The second-order valence-corrected chi connectivity index (χ2v) is 3.75. The van der Waals surface area contributed by atoms with Crippen molar-refractivity contribution < 1.29 is 23.1 Å². The second kappa shape index (κ2) is 6.82. The number of benzene rings is 1. The van der Waals surface area contributed by atoms with Gasteiger partial charge in [0, 0.05) is 12.1 Å². The summed E-state index contributed by atoms with van der Waals surface area (Å²) in [7, 11) is 0. The fraction of sp³-hybridized carbons (Fsp3) is 0.385. The highest BCUT2D eigenvalue weighted by Crippen LogP contribution is 2.11. The lowest BCUT2D eigenvalue weighted by Gasteiger charge is -2.19. The molecule has 19 heavy (non-hydrogen) atoms. The Morgan fingerprint density at radius 2 is 1.89 bits per heavy atom. The zero-order valence-electron chi connectivity index (χ0n) is 10.8. The van der Waals surface area contributed by atoms with Gasteiger partial charge in [-0.1, -0.05) is 0 Å². The van der Waals surface area contributed by atoms with Gasteiger partial charge < -0.3 is 9.64 Å². The first-order valence-electron chi connectivity index (χ1n) is 5.89. The maximum absolute atomic E-state index is 13.1. The largest absolute Gasteiger partial charge is 0.465 e. The SMILES string of the molecule is CCOC(=O)CN(CC)C(=O)c1ccc(F)c(F)c1. The highest BCUT2D eigenvalue weighted by Gasteiger charge is 2.19. The fourth-order valence-electron chi connectivity index (χ4n) is 1.50. The van der Waals surface area contributed by atoms with E-state index < -0.39 is 23.5 Å². The second-order valence-electron chi connectivity index (χ2n) is 3.75. The van der Waals surface area contributed by atoms with E-state index in [0.717, 1.165) is 12.1 Å². The smallest absolute Gasteiger partial charge is 0.325 e. The predicted octanol–water partition coefficient (Wildman–Crippen LogP) is 1.99. The molecule has 4 nitrogen and oxygen atoms in total. The Bertz CT molecular complexity index is 477. The Morgan fingerprint density at radius 1 is 1.21 bits per heavy atom. The van der Waals surface area contributed by atoms with Gasteiger partial charge in [0.15, 0.2) is 11.6 Å². The third-order valence-corrected chi connectivity index (χ3v) is 2.46. The van der Waals surface area contributed by atoms with Gasteiger partial charge in [-0.15, -0.1) is 0 Å². The van der Waals surface area contributed by atoms with E-state index >= 15 is 0 Å². The molecule has 0 N–H and O–H groups in total. The number of amides is 1. The molecule has 0 radical (unpaired) electrons. The number of ether oxygens (including phenoxy) is 1. The lowest BCUT2D eigenvalue weighted by molar-refractivity contribution is -0.143. The van der Waals surface area contributed by atoms with Crippen LogP contribution in [0.2, 0.25) is 0 Å². The summed E-state index contributed by atoms with van der Waals surface area (Å²) in [5.74, 6) is -3.21. The van der Waals surface area contributed by atoms with Crippen LogP contribution in [-0.2, 0) is 9.53 Å². The summed E-state index contributed by atoms with van der Waals surface area (Å²) in [6, 6.07) is 2.86. The number of carbonyl (C=O) groups excluding carboxylic acids is 2. The molecule has 0 saturated heterocycles. The number of hydrogen-bond donors (Lipinski definition) is 0. The van der Waals surface area contributed by atoms with Gasteiger partial charge in [0.05, 0.1) is 6.61 Å². The van der Waals surface area contributed by atoms with Crippen LogP contribution in [0, 0.1) is 11.6 Å². The van der Waals surface area contributed by atoms with Crippen molar-refractivity contribution in [1.29, 1.82) is 0 Å². The maximum atomic E-state index is 13.1. The minimum absolute atomic E-state index is 0.00921. The molecule has 1 aromatic rings. The summed E-state index contributed by atoms with van der Waals surface area (Å²) in [6.45, 7) is 3.59. The summed E-state index contributed by atoms with van der Waals surface area (Å²) < 4.78 is 30.6. The lowest BCUT2D eigenvalue weighted by atomic mass is 10.2. The maximum Gasteiger partial charge on any atom is 0.325 e. The van der Waals surface area contributed by atoms with Crippen molar-refractivity contribution in [3.05, 3.63) is 35.4 Å². The van der Waals surface area contributed by atoms with Crippen LogP contribution in [0.5, 0.6) is 0 Å². The molecule has 0 heterocycles. The monoisotopic (exact) mass is 271 g/mol. The van der Waals surface area contributed by atoms with Crippen molar-refractivity contribution in [3.63, 3.8) is 0 Å². The molecule has 0 atom stereocenters. The van der Waals surface area contributed by atoms with Crippen molar-refractivity contribution in [1.82, 2.24) is 4.90 Å². The quantitative estimate of drug-likeness (QED) is 0.769. The number of nitrogens with zero attached hydrogens (tertiary/aromatic N) is 1. The standard InChI is InChI=1S/C13H15F2NO3/c1-3-16(8-12(17)19-4-2)13(18)9-5-6-10(14)11(15)7-9/h5-7H,3-4,8H2,1-2H3. The first-order valence-corrected chi connectivity index (χ1v) is 5.89. The number of likely N-dealkylation sites (N-methyl/N-ethyl adjacent to an activating group) is 1. The minimum atomic E-state index is -1.10. The fourth-order valence-corrected chi connectivity index (χ4v) is 1.50. The highest BCUT2D eigenvalue weighted by atomic mass is 19.2. The van der Waals surface area contributed by atoms with Crippen LogP contribution in [0.15, 0.2) is 18.2 Å². The number of carbonyl (C=O) groups is 2. The third-order valence-electron chi connectivity index (χ3n) is 2.46. The van der Waals surface area contributed by atoms with Gasteiger partial charge >= 0.3 is 5.97 Å². The molecular formula is C13H15F2NO3. The van der Waals surface area contributed by atoms with Gasteiger partial charge in [-0.2, -0.15) is 0 Å². The number of hydrogen-bond acceptors (Lipinski definition) is 3. The zero-order chi connectivity index (χ0) is 14.4. The Kier molecular flexibility index (Phi) is 5.41. The summed E-state index contributed by atoms with van der Waals surface area (Å²) in [5, 5.41) is 0. The zero-order valence-corrected chi connectivity index (χ0v) is 10.8. The van der Waals surface area contributed by atoms with E-state index in [-0.39, 0.29) is 25.3 Å². The van der Waals surface area contributed by atoms with E-state index in [1.54, 1.807) is 13.8 Å². The van der Waals surface area contributed by atoms with Crippen LogP contribution in [0.4, 0.5) is 8.78 Å². The van der Waals surface area contributed by atoms with Crippen LogP contribution < -0.4 is 0 Å². The van der Waals surface area contributed by atoms with Gasteiger partial charge in [-0.25, -0.2) is 8.78 Å². The molecule has 0 unspecified atom stereocenters. The van der Waals surface area contributed by atoms with Gasteiger partial charge in [0.25, 0.3) is 5.91 Å². The van der Waals surface area contributed by atoms with E-state index in [1.807, 2.05) is 0 Å². The van der Waals surface area contributed by atoms with Gasteiger partial charge in [0.1, 0.15) is 6.54 Å². The van der Waals surface area contributed by atoms with Gasteiger partial charge in [-0.05, 0) is 32.0 Å². The number of esters is 1. The molecule has 0 saturated carbocycles. The Hall–Kier alpha value is -1.98. The molecule has 1 aromatic carbocycles. The van der Waals surface area contributed by atoms with Crippen LogP contribution >= 0.6 is 0 Å². The van der Waals surface area contributed by atoms with E-state index in [2.05, 4.69) is 0 Å². The van der Waals surface area contributed by atoms with Crippen molar-refractivity contribution in [2.45, 2.75) is 13.8 Å². The Balaban J connectivity index is 2.83. The first kappa shape index (κ1) is 15.1. The topological polar surface area (TPSA) is 46.6 Å². The molecule has 0 bridgehead atoms. The van der Waals surface area contributed by atoms with Crippen LogP contribution in [-0.4, -0.2) is 36.5 Å². The summed E-state index contributed by atoms with van der Waals surface area (Å²) in [6.07, 6.45) is 0. The normalized spacial score (nSPS) is 10.1. The molecule has 6 heteroatoms. The minimum Gasteiger partial charge on any atom is -0.465 e. The van der Waals surface area contributed by atoms with E-state index in [0.29, 0.717) is 0 Å². The van der Waals surface area contributed by atoms with Gasteiger partial charge in [-0.3, -0.25) is 9.59 Å². The summed E-state index contributed by atoms with van der Waals surface area (Å²) in [5.41, 5.74) is -0.00921. The van der Waals surface area contributed by atoms with Crippen molar-refractivity contribution in [2.24, 2.45) is 0 Å².